The molecule has 2 aromatic carbocycles. The molecular formula is C18H23NO2S. The van der Waals surface area contributed by atoms with Crippen LogP contribution in [0, 0.1) is 0 Å². The Hall–Kier alpha value is -1.81. The van der Waals surface area contributed by atoms with E-state index in [1.54, 1.807) is 18.2 Å². The summed E-state index contributed by atoms with van der Waals surface area (Å²) in [5.74, 6) is 0. The molecule has 0 heterocycles. The second-order valence-electron chi connectivity index (χ2n) is 5.41. The van der Waals surface area contributed by atoms with Crippen molar-refractivity contribution < 1.29 is 8.42 Å². The highest BCUT2D eigenvalue weighted by Gasteiger charge is 2.14. The van der Waals surface area contributed by atoms with Gasteiger partial charge in [-0.05, 0) is 54.7 Å². The van der Waals surface area contributed by atoms with E-state index in [0.29, 0.717) is 10.6 Å². The zero-order valence-corrected chi connectivity index (χ0v) is 14.0. The van der Waals surface area contributed by atoms with Gasteiger partial charge in [0.05, 0.1) is 4.90 Å². The van der Waals surface area contributed by atoms with Crippen LogP contribution >= 0.6 is 0 Å². The maximum Gasteiger partial charge on any atom is 0.261 e. The van der Waals surface area contributed by atoms with E-state index in [2.05, 4.69) is 11.6 Å². The van der Waals surface area contributed by atoms with Crippen LogP contribution in [0.15, 0.2) is 53.4 Å². The quantitative estimate of drug-likeness (QED) is 0.823. The highest BCUT2D eigenvalue weighted by Crippen LogP contribution is 2.18. The van der Waals surface area contributed by atoms with Crippen molar-refractivity contribution in [1.29, 1.82) is 0 Å². The minimum absolute atomic E-state index is 0.301. The molecule has 0 aliphatic heterocycles. The largest absolute Gasteiger partial charge is 0.280 e. The third-order valence-corrected chi connectivity index (χ3v) is 5.04. The van der Waals surface area contributed by atoms with Gasteiger partial charge in [-0.25, -0.2) is 8.42 Å². The van der Waals surface area contributed by atoms with E-state index in [0.717, 1.165) is 31.2 Å². The smallest absolute Gasteiger partial charge is 0.261 e. The normalized spacial score (nSPS) is 11.4. The summed E-state index contributed by atoms with van der Waals surface area (Å²) >= 11 is 0. The highest BCUT2D eigenvalue weighted by molar-refractivity contribution is 7.92. The molecule has 2 aromatic rings. The van der Waals surface area contributed by atoms with Crippen molar-refractivity contribution in [3.63, 3.8) is 0 Å². The molecule has 0 aliphatic rings. The topological polar surface area (TPSA) is 46.2 Å². The summed E-state index contributed by atoms with van der Waals surface area (Å²) in [6, 6.07) is 14.6. The van der Waals surface area contributed by atoms with Crippen molar-refractivity contribution in [2.75, 3.05) is 4.72 Å². The fourth-order valence-corrected chi connectivity index (χ4v) is 3.33. The lowest BCUT2D eigenvalue weighted by Crippen LogP contribution is -2.13. The van der Waals surface area contributed by atoms with Crippen molar-refractivity contribution in [3.8, 4) is 0 Å². The molecule has 0 saturated heterocycles. The van der Waals surface area contributed by atoms with E-state index in [1.165, 1.54) is 5.56 Å². The zero-order valence-electron chi connectivity index (χ0n) is 13.2. The third-order valence-electron chi connectivity index (χ3n) is 3.64. The van der Waals surface area contributed by atoms with Gasteiger partial charge in [-0.3, -0.25) is 4.72 Å². The molecule has 118 valence electrons. The number of anilines is 1. The van der Waals surface area contributed by atoms with E-state index in [1.807, 2.05) is 37.3 Å². The van der Waals surface area contributed by atoms with Gasteiger partial charge in [-0.1, -0.05) is 44.5 Å². The number of nitrogens with one attached hydrogen (secondary N) is 1. The molecule has 0 bridgehead atoms. The highest BCUT2D eigenvalue weighted by atomic mass is 32.2. The molecule has 0 fully saturated rings. The Morgan fingerprint density at radius 2 is 1.68 bits per heavy atom. The monoisotopic (exact) mass is 317 g/mol. The van der Waals surface area contributed by atoms with Crippen LogP contribution in [0.5, 0.6) is 0 Å². The van der Waals surface area contributed by atoms with Crippen molar-refractivity contribution in [2.45, 2.75) is 44.4 Å². The first-order valence-electron chi connectivity index (χ1n) is 7.76. The lowest BCUT2D eigenvalue weighted by atomic mass is 10.1. The first-order chi connectivity index (χ1) is 10.5. The molecule has 0 unspecified atom stereocenters. The van der Waals surface area contributed by atoms with Gasteiger partial charge in [-0.2, -0.15) is 0 Å². The van der Waals surface area contributed by atoms with Crippen molar-refractivity contribution in [2.24, 2.45) is 0 Å². The summed E-state index contributed by atoms with van der Waals surface area (Å²) in [7, 11) is -3.53. The van der Waals surface area contributed by atoms with Gasteiger partial charge < -0.3 is 0 Å². The summed E-state index contributed by atoms with van der Waals surface area (Å²) in [4.78, 5) is 0.301. The Morgan fingerprint density at radius 3 is 2.32 bits per heavy atom. The van der Waals surface area contributed by atoms with Crippen LogP contribution < -0.4 is 4.72 Å². The summed E-state index contributed by atoms with van der Waals surface area (Å²) in [6.45, 7) is 4.19. The number of rotatable bonds is 7. The number of hydrogen-bond donors (Lipinski definition) is 1. The lowest BCUT2D eigenvalue weighted by molar-refractivity contribution is 0.601. The van der Waals surface area contributed by atoms with Gasteiger partial charge >= 0.3 is 0 Å². The predicted molar refractivity (Wildman–Crippen MR) is 91.7 cm³/mol. The van der Waals surface area contributed by atoms with Crippen LogP contribution in [0.3, 0.4) is 0 Å². The standard InChI is InChI=1S/C18H23NO2S/c1-3-5-7-16-10-12-18(13-11-16)22(20,21)19-17-9-6-8-15(4-2)14-17/h6,8-14,19H,3-5,7H2,1-2H3. The fraction of sp³-hybridized carbons (Fsp3) is 0.333. The van der Waals surface area contributed by atoms with E-state index >= 15 is 0 Å². The minimum Gasteiger partial charge on any atom is -0.280 e. The van der Waals surface area contributed by atoms with Crippen LogP contribution in [-0.4, -0.2) is 8.42 Å². The second-order valence-corrected chi connectivity index (χ2v) is 7.09. The Labute approximate surface area is 133 Å². The van der Waals surface area contributed by atoms with Gasteiger partial charge in [-0.15, -0.1) is 0 Å². The summed E-state index contributed by atoms with van der Waals surface area (Å²) in [6.07, 6.45) is 4.12. The van der Waals surface area contributed by atoms with E-state index in [4.69, 9.17) is 0 Å². The SMILES string of the molecule is CCCCc1ccc(S(=O)(=O)Nc2cccc(CC)c2)cc1. The van der Waals surface area contributed by atoms with Crippen LogP contribution in [0.4, 0.5) is 5.69 Å². The molecule has 0 atom stereocenters. The molecular weight excluding hydrogens is 294 g/mol. The average Bonchev–Trinajstić information content (AvgIpc) is 2.53. The van der Waals surface area contributed by atoms with Crippen molar-refractivity contribution in [1.82, 2.24) is 0 Å². The average molecular weight is 317 g/mol. The van der Waals surface area contributed by atoms with Crippen LogP contribution in [0.25, 0.3) is 0 Å². The summed E-state index contributed by atoms with van der Waals surface area (Å²) in [5, 5.41) is 0. The molecule has 1 N–H and O–H groups in total. The Morgan fingerprint density at radius 1 is 0.955 bits per heavy atom. The van der Waals surface area contributed by atoms with Crippen LogP contribution in [-0.2, 0) is 22.9 Å². The molecule has 3 nitrogen and oxygen atoms in total. The molecule has 0 spiro atoms. The van der Waals surface area contributed by atoms with Gasteiger partial charge in [0.25, 0.3) is 10.0 Å². The maximum atomic E-state index is 12.4. The Kier molecular flexibility index (Phi) is 5.61. The number of benzene rings is 2. The fourth-order valence-electron chi connectivity index (χ4n) is 2.28. The van der Waals surface area contributed by atoms with E-state index in [9.17, 15) is 8.42 Å². The first kappa shape index (κ1) is 16.6. The molecule has 0 aliphatic carbocycles. The van der Waals surface area contributed by atoms with Gasteiger partial charge in [0.15, 0.2) is 0 Å². The molecule has 4 heteroatoms. The zero-order chi connectivity index (χ0) is 16.0. The first-order valence-corrected chi connectivity index (χ1v) is 9.24. The van der Waals surface area contributed by atoms with Crippen molar-refractivity contribution in [3.05, 3.63) is 59.7 Å². The molecule has 0 aromatic heterocycles. The number of aryl methyl sites for hydroxylation is 2. The number of sulfonamides is 1. The van der Waals surface area contributed by atoms with E-state index < -0.39 is 10.0 Å². The summed E-state index contributed by atoms with van der Waals surface area (Å²) in [5.41, 5.74) is 2.89. The Bertz CT molecular complexity index is 706. The third kappa shape index (κ3) is 4.34. The van der Waals surface area contributed by atoms with Gasteiger partial charge in [0.1, 0.15) is 0 Å². The molecule has 2 rings (SSSR count). The summed E-state index contributed by atoms with van der Waals surface area (Å²) < 4.78 is 27.5. The maximum absolute atomic E-state index is 12.4. The molecule has 0 radical (unpaired) electrons. The molecule has 0 amide bonds. The van der Waals surface area contributed by atoms with Gasteiger partial charge in [0.2, 0.25) is 0 Å². The number of hydrogen-bond acceptors (Lipinski definition) is 2. The minimum atomic E-state index is -3.53. The lowest BCUT2D eigenvalue weighted by Gasteiger charge is -2.10. The van der Waals surface area contributed by atoms with Crippen molar-refractivity contribution >= 4 is 15.7 Å². The number of unbranched alkanes of at least 4 members (excludes halogenated alkanes) is 1. The molecule has 0 saturated carbocycles. The van der Waals surface area contributed by atoms with E-state index in [-0.39, 0.29) is 0 Å². The Balaban J connectivity index is 2.15. The van der Waals surface area contributed by atoms with Crippen LogP contribution in [0.2, 0.25) is 0 Å². The predicted octanol–water partition coefficient (Wildman–Crippen LogP) is 4.39. The van der Waals surface area contributed by atoms with Gasteiger partial charge in [0, 0.05) is 5.69 Å². The van der Waals surface area contributed by atoms with Crippen LogP contribution in [0.1, 0.15) is 37.8 Å². The molecule has 22 heavy (non-hydrogen) atoms. The second kappa shape index (κ2) is 7.45.